The second-order valence-corrected chi connectivity index (χ2v) is 8.94. The monoisotopic (exact) mass is 424 g/mol. The van der Waals surface area contributed by atoms with Crippen LogP contribution < -0.4 is 0 Å². The molecule has 4 rings (SSSR count). The minimum absolute atomic E-state index is 0.0129. The summed E-state index contributed by atoms with van der Waals surface area (Å²) in [5, 5.41) is 10.0. The number of hydrogen-bond donors (Lipinski definition) is 1. The fourth-order valence-electron chi connectivity index (χ4n) is 6.00. The summed E-state index contributed by atoms with van der Waals surface area (Å²) in [6.07, 6.45) is 8.64. The standard InChI is InChI=1S/C20H25IO2/c1-2-20-9-8-13-14(16(20)4-3-5-19(20)23)7-6-12-10-18(22)17(21)11-15(12)13/h10-11,13-14,16,22H,2-9H2,1H3/t13-,14+,16-,20-/m0/s1. The highest BCUT2D eigenvalue weighted by Crippen LogP contribution is 2.60. The zero-order chi connectivity index (χ0) is 16.2. The van der Waals surface area contributed by atoms with Crippen molar-refractivity contribution >= 4 is 28.4 Å². The molecule has 0 heterocycles. The first-order valence-corrected chi connectivity index (χ1v) is 10.2. The van der Waals surface area contributed by atoms with Crippen molar-refractivity contribution in [3.05, 3.63) is 26.8 Å². The van der Waals surface area contributed by atoms with Crippen LogP contribution in [0.4, 0.5) is 0 Å². The third kappa shape index (κ3) is 2.29. The van der Waals surface area contributed by atoms with Crippen molar-refractivity contribution in [2.24, 2.45) is 17.3 Å². The number of aromatic hydroxyl groups is 1. The molecule has 1 aromatic rings. The van der Waals surface area contributed by atoms with E-state index in [9.17, 15) is 9.90 Å². The molecule has 0 unspecified atom stereocenters. The summed E-state index contributed by atoms with van der Waals surface area (Å²) in [6, 6.07) is 4.20. The molecular formula is C20H25IO2. The van der Waals surface area contributed by atoms with Crippen molar-refractivity contribution < 1.29 is 9.90 Å². The lowest BCUT2D eigenvalue weighted by molar-refractivity contribution is -0.142. The Morgan fingerprint density at radius 1 is 1.26 bits per heavy atom. The summed E-state index contributed by atoms with van der Waals surface area (Å²) in [5.41, 5.74) is 2.79. The third-order valence-electron chi connectivity index (χ3n) is 7.11. The Labute approximate surface area is 152 Å². The first kappa shape index (κ1) is 15.9. The van der Waals surface area contributed by atoms with Gasteiger partial charge in [-0.1, -0.05) is 6.92 Å². The highest BCUT2D eigenvalue weighted by Gasteiger charge is 2.54. The quantitative estimate of drug-likeness (QED) is 0.630. The number of Topliss-reactive ketones (excluding diaryl/α,β-unsaturated/α-hetero) is 1. The number of phenolic OH excluding ortho intramolecular Hbond substituents is 1. The maximum atomic E-state index is 12.8. The van der Waals surface area contributed by atoms with Crippen LogP contribution in [0.5, 0.6) is 5.75 Å². The molecule has 2 nitrogen and oxygen atoms in total. The first-order chi connectivity index (χ1) is 11.1. The van der Waals surface area contributed by atoms with E-state index >= 15 is 0 Å². The third-order valence-corrected chi connectivity index (χ3v) is 7.97. The zero-order valence-corrected chi connectivity index (χ0v) is 15.9. The van der Waals surface area contributed by atoms with Crippen LogP contribution in [0.25, 0.3) is 0 Å². The molecule has 0 aromatic heterocycles. The summed E-state index contributed by atoms with van der Waals surface area (Å²) in [5.74, 6) is 2.84. The Kier molecular flexibility index (Phi) is 3.98. The highest BCUT2D eigenvalue weighted by molar-refractivity contribution is 14.1. The van der Waals surface area contributed by atoms with E-state index in [0.717, 1.165) is 42.1 Å². The van der Waals surface area contributed by atoms with E-state index < -0.39 is 0 Å². The van der Waals surface area contributed by atoms with Crippen LogP contribution in [0, 0.1) is 20.8 Å². The Morgan fingerprint density at radius 3 is 2.87 bits per heavy atom. The van der Waals surface area contributed by atoms with Crippen LogP contribution in [0.2, 0.25) is 0 Å². The predicted molar refractivity (Wildman–Crippen MR) is 99.7 cm³/mol. The number of aryl methyl sites for hydroxylation is 1. The molecule has 2 saturated carbocycles. The minimum Gasteiger partial charge on any atom is -0.507 e. The molecule has 4 atom stereocenters. The second-order valence-electron chi connectivity index (χ2n) is 7.78. The smallest absolute Gasteiger partial charge is 0.139 e. The molecule has 0 radical (unpaired) electrons. The molecule has 3 aliphatic rings. The number of fused-ring (bicyclic) bond motifs is 5. The Morgan fingerprint density at radius 2 is 2.09 bits per heavy atom. The van der Waals surface area contributed by atoms with Crippen molar-refractivity contribution in [1.29, 1.82) is 0 Å². The predicted octanol–water partition coefficient (Wildman–Crippen LogP) is 5.20. The van der Waals surface area contributed by atoms with Gasteiger partial charge in [0.15, 0.2) is 0 Å². The van der Waals surface area contributed by atoms with E-state index in [0.29, 0.717) is 29.3 Å². The number of halogens is 1. The maximum Gasteiger partial charge on any atom is 0.139 e. The van der Waals surface area contributed by atoms with Gasteiger partial charge in [-0.25, -0.2) is 0 Å². The highest BCUT2D eigenvalue weighted by atomic mass is 127. The van der Waals surface area contributed by atoms with Gasteiger partial charge in [0.05, 0.1) is 3.57 Å². The summed E-state index contributed by atoms with van der Waals surface area (Å²) in [4.78, 5) is 12.8. The molecule has 3 heteroatoms. The van der Waals surface area contributed by atoms with Crippen LogP contribution >= 0.6 is 22.6 Å². The van der Waals surface area contributed by atoms with Crippen LogP contribution in [0.1, 0.15) is 68.9 Å². The van der Waals surface area contributed by atoms with E-state index in [2.05, 4.69) is 35.6 Å². The van der Waals surface area contributed by atoms with Gasteiger partial charge >= 0.3 is 0 Å². The van der Waals surface area contributed by atoms with Gasteiger partial charge < -0.3 is 5.11 Å². The molecule has 1 aromatic carbocycles. The average Bonchev–Trinajstić information content (AvgIpc) is 2.56. The molecule has 0 saturated heterocycles. The van der Waals surface area contributed by atoms with Crippen molar-refractivity contribution in [3.8, 4) is 5.75 Å². The van der Waals surface area contributed by atoms with Crippen molar-refractivity contribution in [3.63, 3.8) is 0 Å². The molecule has 23 heavy (non-hydrogen) atoms. The molecule has 124 valence electrons. The van der Waals surface area contributed by atoms with Gasteiger partial charge in [0.2, 0.25) is 0 Å². The minimum atomic E-state index is -0.0129. The molecule has 1 N–H and O–H groups in total. The van der Waals surface area contributed by atoms with Gasteiger partial charge in [0.1, 0.15) is 11.5 Å². The summed E-state index contributed by atoms with van der Waals surface area (Å²) >= 11 is 2.24. The Balaban J connectivity index is 1.74. The Bertz CT molecular complexity index is 653. The van der Waals surface area contributed by atoms with E-state index in [1.807, 2.05) is 6.07 Å². The maximum absolute atomic E-state index is 12.8. The topological polar surface area (TPSA) is 37.3 Å². The lowest BCUT2D eigenvalue weighted by atomic mass is 9.49. The van der Waals surface area contributed by atoms with Gasteiger partial charge in [0, 0.05) is 11.8 Å². The molecule has 3 aliphatic carbocycles. The van der Waals surface area contributed by atoms with Crippen molar-refractivity contribution in [1.82, 2.24) is 0 Å². The molecule has 2 fully saturated rings. The van der Waals surface area contributed by atoms with E-state index in [1.165, 1.54) is 24.0 Å². The number of rotatable bonds is 1. The fraction of sp³-hybridized carbons (Fsp3) is 0.650. The number of ketones is 1. The van der Waals surface area contributed by atoms with Gasteiger partial charge in [-0.3, -0.25) is 4.79 Å². The molecule has 0 bridgehead atoms. The number of hydrogen-bond acceptors (Lipinski definition) is 2. The number of carbonyl (C=O) groups is 1. The van der Waals surface area contributed by atoms with Crippen LogP contribution in [0.3, 0.4) is 0 Å². The van der Waals surface area contributed by atoms with Crippen LogP contribution in [-0.4, -0.2) is 10.9 Å². The molecular weight excluding hydrogens is 399 g/mol. The summed E-state index contributed by atoms with van der Waals surface area (Å²) in [6.45, 7) is 2.23. The van der Waals surface area contributed by atoms with Gasteiger partial charge in [-0.2, -0.15) is 0 Å². The normalized spacial score (nSPS) is 36.1. The van der Waals surface area contributed by atoms with E-state index in [-0.39, 0.29) is 5.41 Å². The molecule has 0 aliphatic heterocycles. The molecule has 0 amide bonds. The fourth-order valence-corrected chi connectivity index (χ4v) is 6.49. The SMILES string of the molecule is CC[C@]12CC[C@@H]3c4cc(I)c(O)cc4CC[C@H]3[C@@H]1CCCC2=O. The summed E-state index contributed by atoms with van der Waals surface area (Å²) < 4.78 is 0.967. The zero-order valence-electron chi connectivity index (χ0n) is 13.8. The number of phenols is 1. The van der Waals surface area contributed by atoms with E-state index in [4.69, 9.17) is 0 Å². The van der Waals surface area contributed by atoms with Crippen molar-refractivity contribution in [2.75, 3.05) is 0 Å². The van der Waals surface area contributed by atoms with Gasteiger partial charge in [-0.05, 0) is 109 Å². The second kappa shape index (κ2) is 5.75. The van der Waals surface area contributed by atoms with Gasteiger partial charge in [0.25, 0.3) is 0 Å². The molecule has 0 spiro atoms. The van der Waals surface area contributed by atoms with E-state index in [1.54, 1.807) is 0 Å². The largest absolute Gasteiger partial charge is 0.507 e. The number of benzene rings is 1. The summed E-state index contributed by atoms with van der Waals surface area (Å²) in [7, 11) is 0. The van der Waals surface area contributed by atoms with Crippen LogP contribution in [-0.2, 0) is 11.2 Å². The Hall–Kier alpha value is -0.580. The number of carbonyl (C=O) groups excluding carboxylic acids is 1. The van der Waals surface area contributed by atoms with Crippen LogP contribution in [0.15, 0.2) is 12.1 Å². The lowest BCUT2D eigenvalue weighted by Gasteiger charge is -2.54. The van der Waals surface area contributed by atoms with Crippen molar-refractivity contribution in [2.45, 2.75) is 64.2 Å². The lowest BCUT2D eigenvalue weighted by Crippen LogP contribution is -2.50. The average molecular weight is 424 g/mol. The van der Waals surface area contributed by atoms with Gasteiger partial charge in [-0.15, -0.1) is 0 Å². The first-order valence-electron chi connectivity index (χ1n) is 9.11.